The number of hydrogen-bond donors (Lipinski definition) is 5. The molecule has 1 aliphatic rings. The number of ether oxygens (including phenoxy) is 2. The van der Waals surface area contributed by atoms with Gasteiger partial charge in [0.15, 0.2) is 17.7 Å². The molecule has 0 aromatic carbocycles. The van der Waals surface area contributed by atoms with E-state index >= 15 is 0 Å². The van der Waals surface area contributed by atoms with Gasteiger partial charge in [0.05, 0.1) is 6.33 Å². The van der Waals surface area contributed by atoms with Crippen LogP contribution in [0, 0.1) is 0 Å². The molecular formula is C12H15ClN5O8P. The number of rotatable bonds is 5. The summed E-state index contributed by atoms with van der Waals surface area (Å²) in [5.41, 5.74) is 6.07. The first-order chi connectivity index (χ1) is 12.6. The molecule has 0 aliphatic carbocycles. The second kappa shape index (κ2) is 7.28. The Morgan fingerprint density at radius 2 is 2.07 bits per heavy atom. The molecule has 2 unspecified atom stereocenters. The minimum atomic E-state index is -4.58. The van der Waals surface area contributed by atoms with Crippen molar-refractivity contribution in [3.8, 4) is 0 Å². The molecule has 2 aromatic heterocycles. The van der Waals surface area contributed by atoms with Crippen molar-refractivity contribution in [1.82, 2.24) is 19.5 Å². The maximum atomic E-state index is 11.4. The standard InChI is InChI=1S/C12H15ClN5O8P/c13-12-16-9(14)6-10(17-12)18(3-15-6)11-8(21)7(20)4(26-11)1-25-5(19)2-27(22,23)24/h3-4,7-8,11,20-21H,1-2H2,(H2,14,16,17)(H2,22,23,24)/t4-,7?,8?,11-/m1/s1. The van der Waals surface area contributed by atoms with Crippen LogP contribution >= 0.6 is 19.2 Å². The van der Waals surface area contributed by atoms with Crippen LogP contribution in [-0.4, -0.2) is 76.6 Å². The topological polar surface area (TPSA) is 203 Å². The number of halogens is 1. The fourth-order valence-corrected chi connectivity index (χ4v) is 3.18. The lowest BCUT2D eigenvalue weighted by atomic mass is 10.1. The number of anilines is 1. The summed E-state index contributed by atoms with van der Waals surface area (Å²) in [4.78, 5) is 40.6. The van der Waals surface area contributed by atoms with E-state index in [4.69, 9.17) is 36.6 Å². The van der Waals surface area contributed by atoms with Gasteiger partial charge in [-0.25, -0.2) is 4.98 Å². The number of nitrogen functional groups attached to an aromatic ring is 1. The number of fused-ring (bicyclic) bond motifs is 1. The Morgan fingerprint density at radius 1 is 1.37 bits per heavy atom. The smallest absolute Gasteiger partial charge is 0.336 e. The third-order valence-electron chi connectivity index (χ3n) is 3.78. The first-order valence-electron chi connectivity index (χ1n) is 7.44. The normalized spacial score (nSPS) is 25.8. The van der Waals surface area contributed by atoms with Gasteiger partial charge in [-0.15, -0.1) is 0 Å². The first kappa shape index (κ1) is 19.9. The van der Waals surface area contributed by atoms with E-state index in [1.807, 2.05) is 0 Å². The highest BCUT2D eigenvalue weighted by Gasteiger charge is 2.45. The van der Waals surface area contributed by atoms with E-state index in [9.17, 15) is 19.6 Å². The quantitative estimate of drug-likeness (QED) is 0.209. The molecule has 148 valence electrons. The summed E-state index contributed by atoms with van der Waals surface area (Å²) in [5, 5.41) is 20.2. The zero-order valence-electron chi connectivity index (χ0n) is 13.4. The van der Waals surface area contributed by atoms with Crippen molar-refractivity contribution < 1.29 is 38.8 Å². The largest absolute Gasteiger partial charge is 0.462 e. The van der Waals surface area contributed by atoms with Crippen LogP contribution in [0.3, 0.4) is 0 Å². The summed E-state index contributed by atoms with van der Waals surface area (Å²) in [5.74, 6) is -1.16. The van der Waals surface area contributed by atoms with E-state index in [0.29, 0.717) is 0 Å². The van der Waals surface area contributed by atoms with E-state index in [0.717, 1.165) is 0 Å². The highest BCUT2D eigenvalue weighted by atomic mass is 35.5. The van der Waals surface area contributed by atoms with E-state index < -0.39 is 50.9 Å². The van der Waals surface area contributed by atoms with Crippen molar-refractivity contribution in [2.75, 3.05) is 18.5 Å². The van der Waals surface area contributed by atoms with Crippen LogP contribution < -0.4 is 5.73 Å². The average Bonchev–Trinajstić information content (AvgIpc) is 3.07. The molecule has 1 aliphatic heterocycles. The maximum absolute atomic E-state index is 11.4. The number of aromatic nitrogens is 4. The maximum Gasteiger partial charge on any atom is 0.336 e. The van der Waals surface area contributed by atoms with Gasteiger partial charge in [0.25, 0.3) is 0 Å². The Kier molecular flexibility index (Phi) is 5.36. The van der Waals surface area contributed by atoms with Gasteiger partial charge in [0, 0.05) is 0 Å². The van der Waals surface area contributed by atoms with E-state index in [1.165, 1.54) is 10.9 Å². The predicted octanol–water partition coefficient (Wildman–Crippen LogP) is -1.60. The highest BCUT2D eigenvalue weighted by Crippen LogP contribution is 2.35. The van der Waals surface area contributed by atoms with Crippen LogP contribution in [0.4, 0.5) is 5.82 Å². The molecule has 1 fully saturated rings. The van der Waals surface area contributed by atoms with Gasteiger partial charge in [0.2, 0.25) is 5.28 Å². The molecule has 15 heteroatoms. The molecule has 0 radical (unpaired) electrons. The molecule has 0 amide bonds. The van der Waals surface area contributed by atoms with Gasteiger partial charge in [0.1, 0.15) is 36.6 Å². The fourth-order valence-electron chi connectivity index (χ4n) is 2.58. The van der Waals surface area contributed by atoms with Crippen LogP contribution in [0.5, 0.6) is 0 Å². The van der Waals surface area contributed by atoms with Crippen molar-refractivity contribution in [3.05, 3.63) is 11.6 Å². The summed E-state index contributed by atoms with van der Waals surface area (Å²) >= 11 is 5.77. The summed E-state index contributed by atoms with van der Waals surface area (Å²) < 4.78 is 22.3. The van der Waals surface area contributed by atoms with Gasteiger partial charge in [-0.3, -0.25) is 13.9 Å². The second-order valence-electron chi connectivity index (χ2n) is 5.75. The van der Waals surface area contributed by atoms with Crippen molar-refractivity contribution in [2.45, 2.75) is 24.5 Å². The van der Waals surface area contributed by atoms with E-state index in [2.05, 4.69) is 15.0 Å². The lowest BCUT2D eigenvalue weighted by Gasteiger charge is -2.16. The van der Waals surface area contributed by atoms with Crippen LogP contribution in [0.2, 0.25) is 5.28 Å². The van der Waals surface area contributed by atoms with Gasteiger partial charge in [-0.1, -0.05) is 0 Å². The molecule has 1 saturated heterocycles. The molecule has 0 saturated carbocycles. The summed E-state index contributed by atoms with van der Waals surface area (Å²) in [6.45, 7) is -0.530. The van der Waals surface area contributed by atoms with E-state index in [1.54, 1.807) is 0 Å². The fraction of sp³-hybridized carbons (Fsp3) is 0.500. The van der Waals surface area contributed by atoms with Crippen molar-refractivity contribution in [1.29, 1.82) is 0 Å². The zero-order valence-corrected chi connectivity index (χ0v) is 15.1. The predicted molar refractivity (Wildman–Crippen MR) is 88.5 cm³/mol. The number of nitrogens with two attached hydrogens (primary N) is 1. The van der Waals surface area contributed by atoms with Crippen molar-refractivity contribution in [2.24, 2.45) is 0 Å². The average molecular weight is 424 g/mol. The van der Waals surface area contributed by atoms with Crippen LogP contribution in [-0.2, 0) is 18.8 Å². The van der Waals surface area contributed by atoms with E-state index in [-0.39, 0.29) is 22.3 Å². The third kappa shape index (κ3) is 4.19. The number of carbonyl (C=O) groups is 1. The van der Waals surface area contributed by atoms with Crippen LogP contribution in [0.1, 0.15) is 6.23 Å². The lowest BCUT2D eigenvalue weighted by molar-refractivity contribution is -0.147. The Morgan fingerprint density at radius 3 is 2.74 bits per heavy atom. The SMILES string of the molecule is Nc1nc(Cl)nc2c1ncn2[C@@H]1O[C@H](COC(=O)CP(=O)(O)O)C(O)C1O. The lowest BCUT2D eigenvalue weighted by Crippen LogP contribution is -2.34. The molecule has 6 N–H and O–H groups in total. The van der Waals surface area contributed by atoms with Gasteiger partial charge >= 0.3 is 13.6 Å². The number of esters is 1. The van der Waals surface area contributed by atoms with Gasteiger partial charge in [-0.05, 0) is 11.6 Å². The Balaban J connectivity index is 1.76. The second-order valence-corrected chi connectivity index (χ2v) is 7.74. The van der Waals surface area contributed by atoms with Gasteiger partial charge < -0.3 is 35.2 Å². The number of hydrogen-bond acceptors (Lipinski definition) is 10. The molecule has 0 spiro atoms. The first-order valence-corrected chi connectivity index (χ1v) is 9.61. The van der Waals surface area contributed by atoms with Crippen molar-refractivity contribution >= 4 is 42.1 Å². The molecule has 2 aromatic rings. The molecule has 13 nitrogen and oxygen atoms in total. The number of aliphatic hydroxyl groups is 2. The summed E-state index contributed by atoms with van der Waals surface area (Å²) in [6.07, 6.45) is -5.05. The molecule has 0 bridgehead atoms. The molecule has 27 heavy (non-hydrogen) atoms. The summed E-state index contributed by atoms with van der Waals surface area (Å²) in [6, 6.07) is 0. The minimum absolute atomic E-state index is 0.0136. The Hall–Kier alpha value is -1.86. The number of aliphatic hydroxyl groups excluding tert-OH is 2. The number of carbonyl (C=O) groups excluding carboxylic acids is 1. The molecule has 3 heterocycles. The highest BCUT2D eigenvalue weighted by molar-refractivity contribution is 7.52. The number of imidazole rings is 1. The monoisotopic (exact) mass is 423 g/mol. The Labute approximate surface area is 155 Å². The Bertz CT molecular complexity index is 919. The van der Waals surface area contributed by atoms with Crippen LogP contribution in [0.15, 0.2) is 6.33 Å². The summed E-state index contributed by atoms with van der Waals surface area (Å²) in [7, 11) is -4.58. The molecule has 4 atom stereocenters. The zero-order chi connectivity index (χ0) is 19.9. The third-order valence-corrected chi connectivity index (χ3v) is 4.62. The molecular weight excluding hydrogens is 409 g/mol. The van der Waals surface area contributed by atoms with Crippen LogP contribution in [0.25, 0.3) is 11.2 Å². The minimum Gasteiger partial charge on any atom is -0.462 e. The molecule has 3 rings (SSSR count). The number of nitrogens with zero attached hydrogens (tertiary/aromatic N) is 4. The van der Waals surface area contributed by atoms with Gasteiger partial charge in [-0.2, -0.15) is 9.97 Å². The van der Waals surface area contributed by atoms with Crippen molar-refractivity contribution in [3.63, 3.8) is 0 Å².